The lowest BCUT2D eigenvalue weighted by molar-refractivity contribution is 0.0823. The summed E-state index contributed by atoms with van der Waals surface area (Å²) in [6.45, 7) is 5.31. The maximum absolute atomic E-state index is 5.54. The van der Waals surface area contributed by atoms with Gasteiger partial charge >= 0.3 is 0 Å². The number of aromatic nitrogens is 7. The zero-order chi connectivity index (χ0) is 22.4. The zero-order valence-electron chi connectivity index (χ0n) is 18.8. The Bertz CT molecular complexity index is 1280. The smallest absolute Gasteiger partial charge is 0.200 e. The van der Waals surface area contributed by atoms with Crippen LogP contribution >= 0.6 is 0 Å². The van der Waals surface area contributed by atoms with Crippen molar-refractivity contribution in [3.05, 3.63) is 48.3 Å². The number of nitrogens with zero attached hydrogens (tertiary/aromatic N) is 8. The van der Waals surface area contributed by atoms with E-state index in [1.165, 1.54) is 0 Å². The Hall–Kier alpha value is -3.53. The maximum atomic E-state index is 5.54. The lowest BCUT2D eigenvalue weighted by atomic mass is 9.98. The molecule has 1 saturated heterocycles. The Balaban J connectivity index is 1.37. The van der Waals surface area contributed by atoms with Crippen LogP contribution in [0.4, 0.5) is 5.69 Å². The van der Waals surface area contributed by atoms with Gasteiger partial charge in [-0.1, -0.05) is 0 Å². The average molecular weight is 447 g/mol. The van der Waals surface area contributed by atoms with Crippen LogP contribution in [-0.2, 0) is 11.3 Å². The van der Waals surface area contributed by atoms with Gasteiger partial charge < -0.3 is 18.9 Å². The molecule has 4 aromatic rings. The van der Waals surface area contributed by atoms with Gasteiger partial charge in [0.2, 0.25) is 5.65 Å². The average Bonchev–Trinajstić information content (AvgIpc) is 3.51. The van der Waals surface area contributed by atoms with Gasteiger partial charge in [-0.3, -0.25) is 0 Å². The number of ether oxygens (including phenoxy) is 2. The Morgan fingerprint density at radius 2 is 1.88 bits per heavy atom. The number of benzene rings is 1. The molecule has 0 bridgehead atoms. The molecule has 170 valence electrons. The zero-order valence-corrected chi connectivity index (χ0v) is 18.8. The van der Waals surface area contributed by atoms with E-state index in [0.717, 1.165) is 72.6 Å². The van der Waals surface area contributed by atoms with Crippen LogP contribution in [0.25, 0.3) is 16.9 Å². The van der Waals surface area contributed by atoms with Gasteiger partial charge in [-0.25, -0.2) is 0 Å². The van der Waals surface area contributed by atoms with Crippen LogP contribution in [0.5, 0.6) is 5.75 Å². The predicted octanol–water partition coefficient (Wildman–Crippen LogP) is 2.87. The van der Waals surface area contributed by atoms with Crippen LogP contribution in [0.15, 0.2) is 36.7 Å². The fraction of sp³-hybridized carbons (Fsp3) is 0.435. The summed E-state index contributed by atoms with van der Waals surface area (Å²) >= 11 is 0. The molecule has 1 aromatic carbocycles. The highest BCUT2D eigenvalue weighted by molar-refractivity contribution is 5.74. The number of hydrogen-bond acceptors (Lipinski definition) is 8. The first-order chi connectivity index (χ1) is 16.2. The van der Waals surface area contributed by atoms with Crippen LogP contribution in [-0.4, -0.2) is 61.4 Å². The molecule has 1 atom stereocenters. The molecule has 0 saturated carbocycles. The largest absolute Gasteiger partial charge is 0.497 e. The van der Waals surface area contributed by atoms with E-state index in [1.807, 2.05) is 24.3 Å². The topological polar surface area (TPSA) is 95.5 Å². The second-order valence-electron chi connectivity index (χ2n) is 8.70. The molecule has 10 heteroatoms. The lowest BCUT2D eigenvalue weighted by Crippen LogP contribution is -2.38. The first-order valence-electron chi connectivity index (χ1n) is 11.3. The summed E-state index contributed by atoms with van der Waals surface area (Å²) < 4.78 is 14.9. The highest BCUT2D eigenvalue weighted by Crippen LogP contribution is 2.34. The molecule has 2 aliphatic heterocycles. The van der Waals surface area contributed by atoms with E-state index in [-0.39, 0.29) is 6.04 Å². The van der Waals surface area contributed by atoms with Gasteiger partial charge in [-0.2, -0.15) is 9.61 Å². The number of hydrogen-bond donors (Lipinski definition) is 0. The van der Waals surface area contributed by atoms with E-state index in [2.05, 4.69) is 42.9 Å². The minimum atomic E-state index is 0.238. The van der Waals surface area contributed by atoms with Crippen molar-refractivity contribution in [3.8, 4) is 17.0 Å². The molecule has 1 fully saturated rings. The number of fused-ring (bicyclic) bond motifs is 2. The molecule has 0 aliphatic carbocycles. The highest BCUT2D eigenvalue weighted by Gasteiger charge is 2.31. The number of anilines is 1. The van der Waals surface area contributed by atoms with Gasteiger partial charge in [0.1, 0.15) is 17.9 Å². The predicted molar refractivity (Wildman–Crippen MR) is 121 cm³/mol. The van der Waals surface area contributed by atoms with Crippen LogP contribution in [0.3, 0.4) is 0 Å². The van der Waals surface area contributed by atoms with Crippen LogP contribution in [0.2, 0.25) is 0 Å². The van der Waals surface area contributed by atoms with Crippen molar-refractivity contribution in [2.45, 2.75) is 38.3 Å². The van der Waals surface area contributed by atoms with Crippen LogP contribution in [0.1, 0.15) is 43.4 Å². The van der Waals surface area contributed by atoms with Gasteiger partial charge in [0, 0.05) is 31.2 Å². The van der Waals surface area contributed by atoms with Gasteiger partial charge in [0.05, 0.1) is 31.1 Å². The summed E-state index contributed by atoms with van der Waals surface area (Å²) in [4.78, 5) is 2.31. The summed E-state index contributed by atoms with van der Waals surface area (Å²) in [5, 5.41) is 22.4. The number of rotatable bonds is 4. The van der Waals surface area contributed by atoms with Crippen LogP contribution in [0, 0.1) is 0 Å². The van der Waals surface area contributed by atoms with E-state index in [4.69, 9.17) is 14.6 Å². The summed E-state index contributed by atoms with van der Waals surface area (Å²) in [5.41, 5.74) is 3.57. The molecule has 0 unspecified atom stereocenters. The third kappa shape index (κ3) is 3.50. The molecule has 0 spiro atoms. The molecule has 33 heavy (non-hydrogen) atoms. The van der Waals surface area contributed by atoms with Crippen molar-refractivity contribution in [3.63, 3.8) is 0 Å². The van der Waals surface area contributed by atoms with Gasteiger partial charge in [0.15, 0.2) is 5.82 Å². The van der Waals surface area contributed by atoms with E-state index < -0.39 is 0 Å². The number of methoxy groups -OCH3 is 1. The first-order valence-corrected chi connectivity index (χ1v) is 11.3. The van der Waals surface area contributed by atoms with E-state index >= 15 is 0 Å². The minimum absolute atomic E-state index is 0.238. The van der Waals surface area contributed by atoms with Gasteiger partial charge in [0.25, 0.3) is 0 Å². The van der Waals surface area contributed by atoms with E-state index in [0.29, 0.717) is 12.5 Å². The SMILES string of the molecule is COc1ccc(-c2cc(N3Cc4nnc(C5CCOCC5)n4[C@@H](C)C3)c3nncn3n2)cc1. The Morgan fingerprint density at radius 3 is 2.67 bits per heavy atom. The molecular weight excluding hydrogens is 420 g/mol. The first kappa shape index (κ1) is 20.1. The Labute approximate surface area is 191 Å². The molecule has 5 heterocycles. The monoisotopic (exact) mass is 446 g/mol. The molecule has 0 radical (unpaired) electrons. The summed E-state index contributed by atoms with van der Waals surface area (Å²) in [6, 6.07) is 10.2. The summed E-state index contributed by atoms with van der Waals surface area (Å²) in [6.07, 6.45) is 3.65. The minimum Gasteiger partial charge on any atom is -0.497 e. The normalized spacial score (nSPS) is 19.1. The van der Waals surface area contributed by atoms with E-state index in [1.54, 1.807) is 18.0 Å². The molecule has 10 nitrogen and oxygen atoms in total. The maximum Gasteiger partial charge on any atom is 0.200 e. The Kier molecular flexibility index (Phi) is 4.94. The summed E-state index contributed by atoms with van der Waals surface area (Å²) in [7, 11) is 1.66. The van der Waals surface area contributed by atoms with Crippen molar-refractivity contribution in [1.29, 1.82) is 0 Å². The summed E-state index contributed by atoms with van der Waals surface area (Å²) in [5.74, 6) is 3.31. The van der Waals surface area contributed by atoms with Gasteiger partial charge in [-0.05, 0) is 50.1 Å². The standard InChI is InChI=1S/C23H26N8O2/c1-15-12-29(13-21-25-27-22(31(15)21)17-7-9-33-10-8-17)20-11-19(28-30-14-24-26-23(20)30)16-3-5-18(32-2)6-4-16/h3-6,11,14-15,17H,7-10,12-13H2,1-2H3/t15-/m0/s1. The molecule has 0 N–H and O–H groups in total. The highest BCUT2D eigenvalue weighted by atomic mass is 16.5. The lowest BCUT2D eigenvalue weighted by Gasteiger charge is -2.35. The third-order valence-corrected chi connectivity index (χ3v) is 6.61. The van der Waals surface area contributed by atoms with Crippen LogP contribution < -0.4 is 9.64 Å². The quantitative estimate of drug-likeness (QED) is 0.472. The molecule has 0 amide bonds. The van der Waals surface area contributed by atoms with Gasteiger partial charge in [-0.15, -0.1) is 20.4 Å². The Morgan fingerprint density at radius 1 is 1.06 bits per heavy atom. The second kappa shape index (κ2) is 8.11. The van der Waals surface area contributed by atoms with Crippen molar-refractivity contribution >= 4 is 11.3 Å². The third-order valence-electron chi connectivity index (χ3n) is 6.61. The van der Waals surface area contributed by atoms with Crippen molar-refractivity contribution in [1.82, 2.24) is 34.6 Å². The van der Waals surface area contributed by atoms with Crippen molar-refractivity contribution < 1.29 is 9.47 Å². The van der Waals surface area contributed by atoms with Crippen molar-refractivity contribution in [2.75, 3.05) is 31.8 Å². The molecule has 6 rings (SSSR count). The second-order valence-corrected chi connectivity index (χ2v) is 8.70. The van der Waals surface area contributed by atoms with Crippen molar-refractivity contribution in [2.24, 2.45) is 0 Å². The molecular formula is C23H26N8O2. The fourth-order valence-electron chi connectivity index (χ4n) is 4.93. The molecule has 2 aliphatic rings. The molecule has 3 aromatic heterocycles. The van der Waals surface area contributed by atoms with E-state index in [9.17, 15) is 0 Å². The fourth-order valence-corrected chi connectivity index (χ4v) is 4.93.